The third-order valence-corrected chi connectivity index (χ3v) is 3.45. The van der Waals surface area contributed by atoms with E-state index >= 15 is 0 Å². The molecule has 108 valence electrons. The Kier molecular flexibility index (Phi) is 3.52. The Morgan fingerprint density at radius 2 is 1.52 bits per heavy atom. The van der Waals surface area contributed by atoms with Crippen molar-refractivity contribution in [1.82, 2.24) is 0 Å². The predicted octanol–water partition coefficient (Wildman–Crippen LogP) is 2.75. The minimum atomic E-state index is -0.0164. The number of carbonyl (C=O) groups is 1. The summed E-state index contributed by atoms with van der Waals surface area (Å²) in [5, 5.41) is 0. The van der Waals surface area contributed by atoms with Gasteiger partial charge in [0.25, 0.3) is 0 Å². The van der Waals surface area contributed by atoms with Crippen LogP contribution in [0.3, 0.4) is 0 Å². The van der Waals surface area contributed by atoms with E-state index in [0.29, 0.717) is 35.8 Å². The van der Waals surface area contributed by atoms with Crippen molar-refractivity contribution in [3.8, 4) is 11.5 Å². The van der Waals surface area contributed by atoms with Gasteiger partial charge in [0.1, 0.15) is 13.2 Å². The van der Waals surface area contributed by atoms with Gasteiger partial charge in [-0.1, -0.05) is 0 Å². The van der Waals surface area contributed by atoms with Crippen molar-refractivity contribution in [2.45, 2.75) is 0 Å². The van der Waals surface area contributed by atoms with Crippen LogP contribution in [0.15, 0.2) is 42.5 Å². The fourth-order valence-corrected chi connectivity index (χ4v) is 2.26. The Morgan fingerprint density at radius 3 is 2.19 bits per heavy atom. The molecule has 0 fully saturated rings. The molecular weight excluding hydrogens is 266 g/mol. The summed E-state index contributed by atoms with van der Waals surface area (Å²) >= 11 is 0. The van der Waals surface area contributed by atoms with Crippen LogP contribution in [0.2, 0.25) is 0 Å². The zero-order chi connectivity index (χ0) is 14.8. The van der Waals surface area contributed by atoms with Crippen LogP contribution >= 0.6 is 0 Å². The number of rotatable bonds is 3. The van der Waals surface area contributed by atoms with E-state index in [1.165, 1.54) is 0 Å². The van der Waals surface area contributed by atoms with E-state index in [2.05, 4.69) is 0 Å². The molecule has 4 nitrogen and oxygen atoms in total. The van der Waals surface area contributed by atoms with Gasteiger partial charge in [-0.15, -0.1) is 0 Å². The van der Waals surface area contributed by atoms with Gasteiger partial charge in [-0.3, -0.25) is 4.79 Å². The lowest BCUT2D eigenvalue weighted by atomic mass is 10.0. The molecule has 4 heteroatoms. The van der Waals surface area contributed by atoms with Gasteiger partial charge in [0, 0.05) is 30.9 Å². The summed E-state index contributed by atoms with van der Waals surface area (Å²) in [4.78, 5) is 14.5. The Morgan fingerprint density at radius 1 is 0.905 bits per heavy atom. The van der Waals surface area contributed by atoms with Crippen LogP contribution in [0.5, 0.6) is 11.5 Å². The summed E-state index contributed by atoms with van der Waals surface area (Å²) in [6.07, 6.45) is 0. The quantitative estimate of drug-likeness (QED) is 0.812. The molecule has 3 rings (SSSR count). The molecule has 0 radical (unpaired) electrons. The summed E-state index contributed by atoms with van der Waals surface area (Å²) < 4.78 is 11.0. The van der Waals surface area contributed by atoms with E-state index in [9.17, 15) is 4.79 Å². The van der Waals surface area contributed by atoms with Crippen LogP contribution in [0.1, 0.15) is 15.9 Å². The Labute approximate surface area is 123 Å². The first-order valence-electron chi connectivity index (χ1n) is 6.87. The van der Waals surface area contributed by atoms with Crippen molar-refractivity contribution >= 4 is 11.5 Å². The molecule has 1 aliphatic rings. The summed E-state index contributed by atoms with van der Waals surface area (Å²) in [6.45, 7) is 1.06. The van der Waals surface area contributed by atoms with Gasteiger partial charge in [-0.25, -0.2) is 0 Å². The first-order chi connectivity index (χ1) is 10.1. The second-order valence-corrected chi connectivity index (χ2v) is 5.13. The van der Waals surface area contributed by atoms with E-state index in [1.54, 1.807) is 18.2 Å². The summed E-state index contributed by atoms with van der Waals surface area (Å²) in [7, 11) is 3.94. The molecule has 0 saturated carbocycles. The van der Waals surface area contributed by atoms with Crippen molar-refractivity contribution < 1.29 is 14.3 Å². The van der Waals surface area contributed by atoms with Gasteiger partial charge >= 0.3 is 0 Å². The molecule has 1 heterocycles. The molecule has 2 aromatic rings. The highest BCUT2D eigenvalue weighted by atomic mass is 16.6. The Hall–Kier alpha value is -2.49. The molecule has 0 N–H and O–H groups in total. The molecule has 0 spiro atoms. The van der Waals surface area contributed by atoms with E-state index in [4.69, 9.17) is 9.47 Å². The highest BCUT2D eigenvalue weighted by molar-refractivity contribution is 6.09. The summed E-state index contributed by atoms with van der Waals surface area (Å²) in [6, 6.07) is 12.9. The Balaban J connectivity index is 1.87. The van der Waals surface area contributed by atoms with Crippen molar-refractivity contribution in [3.63, 3.8) is 0 Å². The normalized spacial score (nSPS) is 12.9. The van der Waals surface area contributed by atoms with Crippen molar-refractivity contribution in [2.24, 2.45) is 0 Å². The molecule has 0 bridgehead atoms. The number of anilines is 1. The Bertz CT molecular complexity index is 662. The summed E-state index contributed by atoms with van der Waals surface area (Å²) in [5.41, 5.74) is 2.34. The number of ether oxygens (including phenoxy) is 2. The minimum Gasteiger partial charge on any atom is -0.486 e. The van der Waals surface area contributed by atoms with Crippen molar-refractivity contribution in [2.75, 3.05) is 32.2 Å². The average molecular weight is 283 g/mol. The molecule has 0 saturated heterocycles. The van der Waals surface area contributed by atoms with Gasteiger partial charge in [0.2, 0.25) is 0 Å². The SMILES string of the molecule is CN(C)c1ccc(C(=O)c2ccc3c(c2)OCCO3)cc1. The lowest BCUT2D eigenvalue weighted by molar-refractivity contribution is 0.103. The number of hydrogen-bond donors (Lipinski definition) is 0. The minimum absolute atomic E-state index is 0.0164. The predicted molar refractivity (Wildman–Crippen MR) is 81.6 cm³/mol. The van der Waals surface area contributed by atoms with Gasteiger partial charge in [-0.05, 0) is 42.5 Å². The number of carbonyl (C=O) groups excluding carboxylic acids is 1. The number of hydrogen-bond acceptors (Lipinski definition) is 4. The highest BCUT2D eigenvalue weighted by Gasteiger charge is 2.16. The van der Waals surface area contributed by atoms with Gasteiger partial charge in [-0.2, -0.15) is 0 Å². The van der Waals surface area contributed by atoms with Crippen molar-refractivity contribution in [3.05, 3.63) is 53.6 Å². The van der Waals surface area contributed by atoms with Gasteiger partial charge < -0.3 is 14.4 Å². The fraction of sp³-hybridized carbons (Fsp3) is 0.235. The van der Waals surface area contributed by atoms with E-state index in [1.807, 2.05) is 43.3 Å². The van der Waals surface area contributed by atoms with Crippen LogP contribution in [-0.4, -0.2) is 33.1 Å². The largest absolute Gasteiger partial charge is 0.486 e. The molecule has 0 aliphatic carbocycles. The van der Waals surface area contributed by atoms with Gasteiger partial charge in [0.15, 0.2) is 17.3 Å². The molecule has 0 amide bonds. The molecular formula is C17H17NO3. The smallest absolute Gasteiger partial charge is 0.193 e. The number of ketones is 1. The summed E-state index contributed by atoms with van der Waals surface area (Å²) in [5.74, 6) is 1.31. The van der Waals surface area contributed by atoms with Crippen LogP contribution in [0.4, 0.5) is 5.69 Å². The lowest BCUT2D eigenvalue weighted by Crippen LogP contribution is -2.16. The monoisotopic (exact) mass is 283 g/mol. The third-order valence-electron chi connectivity index (χ3n) is 3.45. The zero-order valence-corrected chi connectivity index (χ0v) is 12.1. The number of benzene rings is 2. The molecule has 2 aromatic carbocycles. The van der Waals surface area contributed by atoms with E-state index in [-0.39, 0.29) is 5.78 Å². The van der Waals surface area contributed by atoms with E-state index in [0.717, 1.165) is 5.69 Å². The standard InChI is InChI=1S/C17H17NO3/c1-18(2)14-6-3-12(4-7-14)17(19)13-5-8-15-16(11-13)21-10-9-20-15/h3-8,11H,9-10H2,1-2H3. The van der Waals surface area contributed by atoms with Crippen LogP contribution < -0.4 is 14.4 Å². The average Bonchev–Trinajstić information content (AvgIpc) is 2.54. The van der Waals surface area contributed by atoms with Crippen LogP contribution in [0, 0.1) is 0 Å². The lowest BCUT2D eigenvalue weighted by Gasteiger charge is -2.18. The zero-order valence-electron chi connectivity index (χ0n) is 12.1. The first kappa shape index (κ1) is 13.5. The maximum Gasteiger partial charge on any atom is 0.193 e. The molecule has 0 unspecified atom stereocenters. The third kappa shape index (κ3) is 2.70. The van der Waals surface area contributed by atoms with Gasteiger partial charge in [0.05, 0.1) is 0 Å². The molecule has 21 heavy (non-hydrogen) atoms. The number of nitrogens with zero attached hydrogens (tertiary/aromatic N) is 1. The topological polar surface area (TPSA) is 38.8 Å². The first-order valence-corrected chi connectivity index (χ1v) is 6.87. The van der Waals surface area contributed by atoms with E-state index < -0.39 is 0 Å². The van der Waals surface area contributed by atoms with Crippen LogP contribution in [-0.2, 0) is 0 Å². The second-order valence-electron chi connectivity index (χ2n) is 5.13. The maximum absolute atomic E-state index is 12.5. The molecule has 0 atom stereocenters. The fourth-order valence-electron chi connectivity index (χ4n) is 2.26. The molecule has 0 aromatic heterocycles. The molecule has 1 aliphatic heterocycles. The number of fused-ring (bicyclic) bond motifs is 1. The maximum atomic E-state index is 12.5. The van der Waals surface area contributed by atoms with Crippen molar-refractivity contribution in [1.29, 1.82) is 0 Å². The second kappa shape index (κ2) is 5.48. The van der Waals surface area contributed by atoms with Crippen LogP contribution in [0.25, 0.3) is 0 Å². The highest BCUT2D eigenvalue weighted by Crippen LogP contribution is 2.31.